The fraction of sp³-hybridized carbons (Fsp3) is 0.600. The fourth-order valence-corrected chi connectivity index (χ4v) is 3.28. The molecule has 102 valence electrons. The van der Waals surface area contributed by atoms with Gasteiger partial charge in [-0.3, -0.25) is 0 Å². The van der Waals surface area contributed by atoms with Gasteiger partial charge in [0.25, 0.3) is 0 Å². The molecule has 1 nitrogen and oxygen atoms in total. The molecule has 1 aromatic carbocycles. The Morgan fingerprint density at radius 1 is 1.22 bits per heavy atom. The highest BCUT2D eigenvalue weighted by molar-refractivity contribution is 7.99. The van der Waals surface area contributed by atoms with Crippen molar-refractivity contribution in [1.29, 1.82) is 0 Å². The first kappa shape index (κ1) is 15.5. The van der Waals surface area contributed by atoms with Gasteiger partial charge in [0.05, 0.1) is 0 Å². The molecule has 0 aromatic heterocycles. The molecule has 0 saturated heterocycles. The highest BCUT2D eigenvalue weighted by atomic mass is 32.2. The Labute approximate surface area is 115 Å². The van der Waals surface area contributed by atoms with E-state index in [1.54, 1.807) is 6.07 Å². The Morgan fingerprint density at radius 3 is 2.39 bits per heavy atom. The van der Waals surface area contributed by atoms with Crippen LogP contribution >= 0.6 is 11.8 Å². The van der Waals surface area contributed by atoms with E-state index in [0.29, 0.717) is 5.92 Å². The number of thioether (sulfide) groups is 1. The van der Waals surface area contributed by atoms with Crippen LogP contribution < -0.4 is 5.32 Å². The number of hydrogen-bond donors (Lipinski definition) is 1. The van der Waals surface area contributed by atoms with Crippen molar-refractivity contribution in [2.24, 2.45) is 5.92 Å². The maximum Gasteiger partial charge on any atom is 0.128 e. The van der Waals surface area contributed by atoms with Crippen LogP contribution in [0, 0.1) is 25.6 Å². The first-order valence-corrected chi connectivity index (χ1v) is 7.62. The van der Waals surface area contributed by atoms with Gasteiger partial charge in [0, 0.05) is 17.4 Å². The molecule has 0 aliphatic carbocycles. The molecule has 0 radical (unpaired) electrons. The Kier molecular flexibility index (Phi) is 6.16. The molecule has 0 fully saturated rings. The molecule has 0 aliphatic rings. The Hall–Kier alpha value is -0.540. The number of aryl methyl sites for hydroxylation is 2. The van der Waals surface area contributed by atoms with Crippen LogP contribution in [-0.2, 0) is 0 Å². The first-order valence-electron chi connectivity index (χ1n) is 6.47. The summed E-state index contributed by atoms with van der Waals surface area (Å²) in [5, 5.41) is 3.23. The Bertz CT molecular complexity index is 367. The molecule has 0 spiro atoms. The predicted molar refractivity (Wildman–Crippen MR) is 79.8 cm³/mol. The summed E-state index contributed by atoms with van der Waals surface area (Å²) >= 11 is 1.88. The first-order chi connectivity index (χ1) is 8.45. The minimum absolute atomic E-state index is 0.0861. The average Bonchev–Trinajstić information content (AvgIpc) is 2.25. The molecule has 1 N–H and O–H groups in total. The van der Waals surface area contributed by atoms with E-state index in [9.17, 15) is 4.39 Å². The van der Waals surface area contributed by atoms with Gasteiger partial charge in [0.15, 0.2) is 0 Å². The van der Waals surface area contributed by atoms with E-state index >= 15 is 0 Å². The summed E-state index contributed by atoms with van der Waals surface area (Å²) in [6.07, 6.45) is 0. The number of nitrogens with one attached hydrogen (secondary N) is 1. The largest absolute Gasteiger partial charge is 0.312 e. The fourth-order valence-electron chi connectivity index (χ4n) is 2.10. The highest BCUT2D eigenvalue weighted by Gasteiger charge is 2.17. The second-order valence-corrected chi connectivity index (χ2v) is 6.32. The zero-order valence-electron chi connectivity index (χ0n) is 12.0. The quantitative estimate of drug-likeness (QED) is 0.834. The lowest BCUT2D eigenvalue weighted by atomic mass is 9.99. The van der Waals surface area contributed by atoms with Crippen molar-refractivity contribution in [2.75, 3.05) is 18.6 Å². The summed E-state index contributed by atoms with van der Waals surface area (Å²) in [5.74, 6) is 2.62. The van der Waals surface area contributed by atoms with Crippen molar-refractivity contribution in [3.8, 4) is 0 Å². The minimum atomic E-state index is -0.0861. The second-order valence-electron chi connectivity index (χ2n) is 5.25. The van der Waals surface area contributed by atoms with Crippen LogP contribution in [0.15, 0.2) is 12.1 Å². The maximum absolute atomic E-state index is 14.1. The standard InChI is InChI=1S/C15H24FNS/c1-10(2)8-18-9-14(17-5)15-12(4)6-11(3)7-13(15)16/h6-7,10,14,17H,8-9H2,1-5H3. The zero-order chi connectivity index (χ0) is 13.7. The lowest BCUT2D eigenvalue weighted by molar-refractivity contribution is 0.561. The predicted octanol–water partition coefficient (Wildman–Crippen LogP) is 4.09. The maximum atomic E-state index is 14.1. The van der Waals surface area contributed by atoms with Crippen LogP contribution in [0.3, 0.4) is 0 Å². The monoisotopic (exact) mass is 269 g/mol. The molecule has 0 aliphatic heterocycles. The van der Waals surface area contributed by atoms with Gasteiger partial charge in [-0.25, -0.2) is 4.39 Å². The molecule has 0 saturated carbocycles. The third-order valence-corrected chi connectivity index (χ3v) is 4.38. The summed E-state index contributed by atoms with van der Waals surface area (Å²) < 4.78 is 14.1. The van der Waals surface area contributed by atoms with E-state index in [0.717, 1.165) is 28.2 Å². The summed E-state index contributed by atoms with van der Waals surface area (Å²) in [6, 6.07) is 3.77. The molecule has 1 unspecified atom stereocenters. The summed E-state index contributed by atoms with van der Waals surface area (Å²) in [7, 11) is 1.90. The van der Waals surface area contributed by atoms with E-state index < -0.39 is 0 Å². The van der Waals surface area contributed by atoms with Crippen molar-refractivity contribution in [3.63, 3.8) is 0 Å². The van der Waals surface area contributed by atoms with Crippen LogP contribution in [-0.4, -0.2) is 18.6 Å². The molecule has 0 amide bonds. The molecule has 1 aromatic rings. The van der Waals surface area contributed by atoms with Crippen LogP contribution in [0.2, 0.25) is 0 Å². The smallest absolute Gasteiger partial charge is 0.128 e. The molecular formula is C15H24FNS. The highest BCUT2D eigenvalue weighted by Crippen LogP contribution is 2.26. The van der Waals surface area contributed by atoms with Gasteiger partial charge in [-0.2, -0.15) is 11.8 Å². The molecule has 3 heteroatoms. The average molecular weight is 269 g/mol. The van der Waals surface area contributed by atoms with Crippen molar-refractivity contribution < 1.29 is 4.39 Å². The van der Waals surface area contributed by atoms with Crippen LogP contribution in [0.1, 0.15) is 36.6 Å². The van der Waals surface area contributed by atoms with Crippen LogP contribution in [0.25, 0.3) is 0 Å². The van der Waals surface area contributed by atoms with Gasteiger partial charge in [-0.1, -0.05) is 19.9 Å². The number of halogens is 1. The summed E-state index contributed by atoms with van der Waals surface area (Å²) in [6.45, 7) is 8.34. The van der Waals surface area contributed by atoms with Gasteiger partial charge in [0.2, 0.25) is 0 Å². The van der Waals surface area contributed by atoms with E-state index in [4.69, 9.17) is 0 Å². The third-order valence-electron chi connectivity index (χ3n) is 2.91. The van der Waals surface area contributed by atoms with Gasteiger partial charge >= 0.3 is 0 Å². The molecule has 1 rings (SSSR count). The Balaban J connectivity index is 2.82. The molecule has 1 atom stereocenters. The molecule has 0 bridgehead atoms. The molecular weight excluding hydrogens is 245 g/mol. The van der Waals surface area contributed by atoms with Gasteiger partial charge in [-0.05, 0) is 49.8 Å². The molecule has 18 heavy (non-hydrogen) atoms. The van der Waals surface area contributed by atoms with Gasteiger partial charge in [-0.15, -0.1) is 0 Å². The van der Waals surface area contributed by atoms with Crippen molar-refractivity contribution >= 4 is 11.8 Å². The van der Waals surface area contributed by atoms with Crippen LogP contribution in [0.4, 0.5) is 4.39 Å². The van der Waals surface area contributed by atoms with Gasteiger partial charge in [0.1, 0.15) is 5.82 Å². The third kappa shape index (κ3) is 4.29. The number of benzene rings is 1. The van der Waals surface area contributed by atoms with Crippen molar-refractivity contribution in [3.05, 3.63) is 34.6 Å². The van der Waals surface area contributed by atoms with E-state index in [2.05, 4.69) is 25.2 Å². The lowest BCUT2D eigenvalue weighted by Gasteiger charge is -2.20. The topological polar surface area (TPSA) is 12.0 Å². The SMILES string of the molecule is CNC(CSCC(C)C)c1c(C)cc(C)cc1F. The second kappa shape index (κ2) is 7.15. The Morgan fingerprint density at radius 2 is 1.89 bits per heavy atom. The minimum Gasteiger partial charge on any atom is -0.312 e. The van der Waals surface area contributed by atoms with Crippen LogP contribution in [0.5, 0.6) is 0 Å². The van der Waals surface area contributed by atoms with Gasteiger partial charge < -0.3 is 5.32 Å². The van der Waals surface area contributed by atoms with E-state index in [1.807, 2.05) is 32.7 Å². The van der Waals surface area contributed by atoms with E-state index in [1.165, 1.54) is 0 Å². The molecule has 0 heterocycles. The normalized spacial score (nSPS) is 13.1. The summed E-state index contributed by atoms with van der Waals surface area (Å²) in [4.78, 5) is 0. The summed E-state index contributed by atoms with van der Waals surface area (Å²) in [5.41, 5.74) is 2.84. The van der Waals surface area contributed by atoms with Crippen molar-refractivity contribution in [1.82, 2.24) is 5.32 Å². The number of rotatable bonds is 6. The number of hydrogen-bond acceptors (Lipinski definition) is 2. The van der Waals surface area contributed by atoms with E-state index in [-0.39, 0.29) is 11.9 Å². The lowest BCUT2D eigenvalue weighted by Crippen LogP contribution is -2.21. The van der Waals surface area contributed by atoms with Crippen molar-refractivity contribution in [2.45, 2.75) is 33.7 Å². The zero-order valence-corrected chi connectivity index (χ0v) is 12.8.